The Morgan fingerprint density at radius 2 is 2.05 bits per heavy atom. The lowest BCUT2D eigenvalue weighted by molar-refractivity contribution is -0.150. The fourth-order valence-corrected chi connectivity index (χ4v) is 2.30. The highest BCUT2D eigenvalue weighted by Gasteiger charge is 2.46. The minimum absolute atomic E-state index is 0.456. The number of hydrogen-bond acceptors (Lipinski definition) is 2. The van der Waals surface area contributed by atoms with Crippen molar-refractivity contribution in [2.75, 3.05) is 0 Å². The Hall–Kier alpha value is -2.43. The molecule has 1 N–H and O–H groups in total. The third-order valence-electron chi connectivity index (χ3n) is 3.45. The van der Waals surface area contributed by atoms with Crippen LogP contribution in [0.25, 0.3) is 5.57 Å². The van der Waals surface area contributed by atoms with Gasteiger partial charge in [0.25, 0.3) is 6.43 Å². The van der Waals surface area contributed by atoms with E-state index in [-0.39, 0.29) is 0 Å². The topological polar surface area (TPSA) is 46.5 Å². The number of para-hydroxylation sites is 1. The van der Waals surface area contributed by atoms with Gasteiger partial charge in [-0.3, -0.25) is 4.79 Å². The SMILES string of the molecule is O=C(O)C1(C(F)F)C=CC2=COc3ccccc3C2=C1. The van der Waals surface area contributed by atoms with E-state index in [1.54, 1.807) is 24.3 Å². The van der Waals surface area contributed by atoms with Gasteiger partial charge >= 0.3 is 5.97 Å². The monoisotopic (exact) mass is 276 g/mol. The summed E-state index contributed by atoms with van der Waals surface area (Å²) in [5.74, 6) is -1.05. The first-order chi connectivity index (χ1) is 9.54. The molecular weight excluding hydrogens is 266 g/mol. The Bertz CT molecular complexity index is 673. The average Bonchev–Trinajstić information content (AvgIpc) is 2.46. The van der Waals surface area contributed by atoms with Crippen LogP contribution in [0.15, 0.2) is 54.3 Å². The molecule has 3 nitrogen and oxygen atoms in total. The van der Waals surface area contributed by atoms with Crippen LogP contribution in [0.4, 0.5) is 8.78 Å². The number of carbonyl (C=O) groups is 1. The van der Waals surface area contributed by atoms with Crippen molar-refractivity contribution in [2.24, 2.45) is 5.41 Å². The molecule has 0 aromatic heterocycles. The summed E-state index contributed by atoms with van der Waals surface area (Å²) < 4.78 is 31.9. The van der Waals surface area contributed by atoms with Gasteiger partial charge < -0.3 is 9.84 Å². The Labute approximate surface area is 113 Å². The molecule has 1 aromatic carbocycles. The van der Waals surface area contributed by atoms with Crippen molar-refractivity contribution in [2.45, 2.75) is 6.43 Å². The number of benzene rings is 1. The maximum absolute atomic E-state index is 13.2. The zero-order valence-electron chi connectivity index (χ0n) is 10.2. The molecule has 5 heteroatoms. The second kappa shape index (κ2) is 4.30. The summed E-state index contributed by atoms with van der Waals surface area (Å²) in [4.78, 5) is 11.3. The van der Waals surface area contributed by atoms with Crippen molar-refractivity contribution >= 4 is 11.5 Å². The van der Waals surface area contributed by atoms with Crippen LogP contribution < -0.4 is 4.74 Å². The van der Waals surface area contributed by atoms with Gasteiger partial charge in [0.15, 0.2) is 5.41 Å². The number of rotatable bonds is 2. The van der Waals surface area contributed by atoms with Gasteiger partial charge in [-0.1, -0.05) is 30.4 Å². The fraction of sp³-hybridized carbons (Fsp3) is 0.133. The van der Waals surface area contributed by atoms with Crippen LogP contribution in [-0.4, -0.2) is 17.5 Å². The second-order valence-electron chi connectivity index (χ2n) is 4.62. The van der Waals surface area contributed by atoms with Gasteiger partial charge in [-0.15, -0.1) is 0 Å². The standard InChI is InChI=1S/C15H10F2O3/c16-13(17)15(14(18)19)6-5-9-8-20-12-4-2-1-3-10(12)11(9)7-15/h1-8,13H,(H,18,19). The Kier molecular flexibility index (Phi) is 2.71. The van der Waals surface area contributed by atoms with E-state index in [1.165, 1.54) is 12.3 Å². The van der Waals surface area contributed by atoms with E-state index in [1.807, 2.05) is 0 Å². The molecule has 102 valence electrons. The number of carboxylic acids is 1. The molecule has 0 saturated heterocycles. The highest BCUT2D eigenvalue weighted by Crippen LogP contribution is 2.44. The molecule has 0 saturated carbocycles. The normalized spacial score (nSPS) is 23.4. The van der Waals surface area contributed by atoms with Crippen LogP contribution in [0.5, 0.6) is 5.75 Å². The summed E-state index contributed by atoms with van der Waals surface area (Å²) in [6, 6.07) is 6.92. The molecule has 2 aliphatic rings. The number of hydrogen-bond donors (Lipinski definition) is 1. The van der Waals surface area contributed by atoms with E-state index in [9.17, 15) is 18.7 Å². The quantitative estimate of drug-likeness (QED) is 0.901. The summed E-state index contributed by atoms with van der Waals surface area (Å²) in [6.07, 6.45) is 1.88. The highest BCUT2D eigenvalue weighted by atomic mass is 19.3. The van der Waals surface area contributed by atoms with Crippen LogP contribution in [0, 0.1) is 5.41 Å². The molecule has 0 fully saturated rings. The molecule has 1 aliphatic carbocycles. The zero-order valence-corrected chi connectivity index (χ0v) is 10.2. The number of aliphatic carboxylic acids is 1. The summed E-state index contributed by atoms with van der Waals surface area (Å²) in [7, 11) is 0. The van der Waals surface area contributed by atoms with Gasteiger partial charge in [0, 0.05) is 11.1 Å². The van der Waals surface area contributed by atoms with E-state index < -0.39 is 17.8 Å². The predicted molar refractivity (Wildman–Crippen MR) is 68.3 cm³/mol. The van der Waals surface area contributed by atoms with Gasteiger partial charge in [0.1, 0.15) is 5.75 Å². The summed E-state index contributed by atoms with van der Waals surface area (Å²) >= 11 is 0. The Balaban J connectivity index is 2.20. The summed E-state index contributed by atoms with van der Waals surface area (Å²) in [5.41, 5.74) is -0.643. The van der Waals surface area contributed by atoms with E-state index in [0.29, 0.717) is 22.5 Å². The number of ether oxygens (including phenoxy) is 1. The largest absolute Gasteiger partial charge is 0.480 e. The van der Waals surface area contributed by atoms with Crippen LogP contribution in [0.3, 0.4) is 0 Å². The van der Waals surface area contributed by atoms with Gasteiger partial charge in [0.2, 0.25) is 0 Å². The minimum Gasteiger partial charge on any atom is -0.480 e. The number of halogens is 2. The Morgan fingerprint density at radius 1 is 1.30 bits per heavy atom. The molecule has 0 amide bonds. The third kappa shape index (κ3) is 1.66. The summed E-state index contributed by atoms with van der Waals surface area (Å²) in [5, 5.41) is 9.17. The maximum Gasteiger partial charge on any atom is 0.323 e. The zero-order chi connectivity index (χ0) is 14.3. The van der Waals surface area contributed by atoms with Crippen LogP contribution >= 0.6 is 0 Å². The highest BCUT2D eigenvalue weighted by molar-refractivity contribution is 5.93. The van der Waals surface area contributed by atoms with E-state index in [4.69, 9.17) is 4.74 Å². The van der Waals surface area contributed by atoms with Gasteiger partial charge in [0.05, 0.1) is 6.26 Å². The second-order valence-corrected chi connectivity index (χ2v) is 4.62. The average molecular weight is 276 g/mol. The number of carboxylic acid groups (broad SMARTS) is 1. The molecule has 1 unspecified atom stereocenters. The van der Waals surface area contributed by atoms with Crippen molar-refractivity contribution in [3.63, 3.8) is 0 Å². The molecule has 3 rings (SSSR count). The minimum atomic E-state index is -3.03. The summed E-state index contributed by atoms with van der Waals surface area (Å²) in [6.45, 7) is 0. The number of alkyl halides is 2. The predicted octanol–water partition coefficient (Wildman–Crippen LogP) is 3.25. The van der Waals surface area contributed by atoms with E-state index >= 15 is 0 Å². The van der Waals surface area contributed by atoms with Crippen LogP contribution in [0.1, 0.15) is 5.56 Å². The van der Waals surface area contributed by atoms with Crippen LogP contribution in [-0.2, 0) is 4.79 Å². The lowest BCUT2D eigenvalue weighted by Gasteiger charge is -2.29. The smallest absolute Gasteiger partial charge is 0.323 e. The first-order valence-corrected chi connectivity index (χ1v) is 5.95. The van der Waals surface area contributed by atoms with Crippen molar-refractivity contribution in [3.05, 3.63) is 59.9 Å². The number of allylic oxidation sites excluding steroid dienone is 3. The molecule has 1 atom stereocenters. The first-order valence-electron chi connectivity index (χ1n) is 5.95. The molecule has 0 bridgehead atoms. The molecule has 1 aliphatic heterocycles. The molecule has 0 spiro atoms. The maximum atomic E-state index is 13.2. The molecule has 1 aromatic rings. The van der Waals surface area contributed by atoms with E-state index in [0.717, 1.165) is 12.2 Å². The lowest BCUT2D eigenvalue weighted by atomic mass is 9.78. The van der Waals surface area contributed by atoms with E-state index in [2.05, 4.69) is 0 Å². The molecule has 20 heavy (non-hydrogen) atoms. The fourth-order valence-electron chi connectivity index (χ4n) is 2.30. The van der Waals surface area contributed by atoms with Gasteiger partial charge in [-0.25, -0.2) is 8.78 Å². The first kappa shape index (κ1) is 12.6. The van der Waals surface area contributed by atoms with Crippen molar-refractivity contribution in [3.8, 4) is 5.75 Å². The van der Waals surface area contributed by atoms with Crippen LogP contribution in [0.2, 0.25) is 0 Å². The number of fused-ring (bicyclic) bond motifs is 3. The molecular formula is C15H10F2O3. The van der Waals surface area contributed by atoms with Crippen molar-refractivity contribution in [1.82, 2.24) is 0 Å². The Morgan fingerprint density at radius 3 is 2.75 bits per heavy atom. The van der Waals surface area contributed by atoms with Gasteiger partial charge in [-0.05, 0) is 17.7 Å². The van der Waals surface area contributed by atoms with Crippen molar-refractivity contribution < 1.29 is 23.4 Å². The van der Waals surface area contributed by atoms with Crippen molar-refractivity contribution in [1.29, 1.82) is 0 Å². The third-order valence-corrected chi connectivity index (χ3v) is 3.45. The van der Waals surface area contributed by atoms with Gasteiger partial charge in [-0.2, -0.15) is 0 Å². The lowest BCUT2D eigenvalue weighted by Crippen LogP contribution is -2.36. The molecule has 0 radical (unpaired) electrons. The molecule has 1 heterocycles.